The Morgan fingerprint density at radius 1 is 1.21 bits per heavy atom. The number of aromatic nitrogens is 1. The maximum Gasteiger partial charge on any atom is 0.326 e. The Labute approximate surface area is 162 Å². The first-order valence-electron chi connectivity index (χ1n) is 9.43. The third-order valence-corrected chi connectivity index (χ3v) is 5.12. The first kappa shape index (κ1) is 19.9. The van der Waals surface area contributed by atoms with E-state index in [-0.39, 0.29) is 24.8 Å². The number of amides is 2. The van der Waals surface area contributed by atoms with E-state index in [1.54, 1.807) is 0 Å². The number of carboxylic acid groups (broad SMARTS) is 1. The van der Waals surface area contributed by atoms with Gasteiger partial charge in [-0.25, -0.2) is 10.3 Å². The number of rotatable bonds is 8. The van der Waals surface area contributed by atoms with Crippen LogP contribution in [0.5, 0.6) is 0 Å². The van der Waals surface area contributed by atoms with Crippen molar-refractivity contribution in [3.05, 3.63) is 35.5 Å². The second-order valence-corrected chi connectivity index (χ2v) is 7.00. The fourth-order valence-electron chi connectivity index (χ4n) is 3.74. The van der Waals surface area contributed by atoms with Crippen LogP contribution in [0.3, 0.4) is 0 Å². The molecule has 0 unspecified atom stereocenters. The first-order valence-corrected chi connectivity index (χ1v) is 9.43. The van der Waals surface area contributed by atoms with Crippen molar-refractivity contribution in [2.45, 2.75) is 51.1 Å². The smallest absolute Gasteiger partial charge is 0.326 e. The summed E-state index contributed by atoms with van der Waals surface area (Å²) in [6, 6.07) is 6.92. The molecule has 2 aromatic rings. The highest BCUT2D eigenvalue weighted by atomic mass is 16.6. The summed E-state index contributed by atoms with van der Waals surface area (Å²) >= 11 is 0. The summed E-state index contributed by atoms with van der Waals surface area (Å²) < 4.78 is 0. The number of H-pyrrole nitrogens is 1. The highest BCUT2D eigenvalue weighted by Gasteiger charge is 2.35. The largest absolute Gasteiger partial charge is 0.480 e. The molecule has 3 N–H and O–H groups in total. The van der Waals surface area contributed by atoms with E-state index in [1.807, 2.05) is 24.3 Å². The Morgan fingerprint density at radius 2 is 1.96 bits per heavy atom. The summed E-state index contributed by atoms with van der Waals surface area (Å²) in [5, 5.41) is 10.7. The summed E-state index contributed by atoms with van der Waals surface area (Å²) in [4.78, 5) is 45.1. The molecule has 2 heterocycles. The molecule has 28 heavy (non-hydrogen) atoms. The molecule has 0 aliphatic carbocycles. The van der Waals surface area contributed by atoms with Crippen molar-refractivity contribution in [2.75, 3.05) is 7.11 Å². The van der Waals surface area contributed by atoms with E-state index in [4.69, 9.17) is 0 Å². The van der Waals surface area contributed by atoms with Gasteiger partial charge < -0.3 is 15.0 Å². The van der Waals surface area contributed by atoms with Crippen LogP contribution in [0.25, 0.3) is 10.9 Å². The molecule has 1 aliphatic rings. The van der Waals surface area contributed by atoms with Crippen molar-refractivity contribution in [1.29, 1.82) is 0 Å². The number of hydroxylamine groups is 1. The van der Waals surface area contributed by atoms with E-state index >= 15 is 0 Å². The molecule has 1 aromatic carbocycles. The summed E-state index contributed by atoms with van der Waals surface area (Å²) in [6.45, 7) is 0.274. The molecule has 0 saturated heterocycles. The fourth-order valence-corrected chi connectivity index (χ4v) is 3.74. The SMILES string of the molecule is CONC(=O)CCCCCC(=O)N1Cc2[nH]c3ccccc3c2C[C@@H]1C(=O)O. The van der Waals surface area contributed by atoms with Gasteiger partial charge in [-0.2, -0.15) is 0 Å². The molecule has 8 heteroatoms. The van der Waals surface area contributed by atoms with Gasteiger partial charge in [0.05, 0.1) is 13.7 Å². The van der Waals surface area contributed by atoms with Crippen LogP contribution in [0, 0.1) is 0 Å². The minimum absolute atomic E-state index is 0.168. The Kier molecular flexibility index (Phi) is 6.30. The topological polar surface area (TPSA) is 112 Å². The third-order valence-electron chi connectivity index (χ3n) is 5.12. The van der Waals surface area contributed by atoms with Gasteiger partial charge in [0.25, 0.3) is 0 Å². The molecule has 1 aliphatic heterocycles. The minimum atomic E-state index is -0.986. The molecule has 0 saturated carbocycles. The Bertz CT molecular complexity index is 876. The molecule has 3 rings (SSSR count). The minimum Gasteiger partial charge on any atom is -0.480 e. The number of aromatic amines is 1. The Hall–Kier alpha value is -2.87. The number of para-hydroxylation sites is 1. The van der Waals surface area contributed by atoms with Gasteiger partial charge >= 0.3 is 5.97 Å². The normalized spacial score (nSPS) is 16.0. The zero-order valence-corrected chi connectivity index (χ0v) is 15.9. The summed E-state index contributed by atoms with van der Waals surface area (Å²) in [6.07, 6.45) is 2.88. The van der Waals surface area contributed by atoms with E-state index < -0.39 is 12.0 Å². The van der Waals surface area contributed by atoms with Crippen molar-refractivity contribution < 1.29 is 24.3 Å². The highest BCUT2D eigenvalue weighted by Crippen LogP contribution is 2.30. The van der Waals surface area contributed by atoms with Gasteiger partial charge in [0.2, 0.25) is 11.8 Å². The third kappa shape index (κ3) is 4.33. The van der Waals surface area contributed by atoms with E-state index in [0.717, 1.165) is 22.2 Å². The van der Waals surface area contributed by atoms with E-state index in [1.165, 1.54) is 12.0 Å². The van der Waals surface area contributed by atoms with Gasteiger partial charge in [-0.3, -0.25) is 14.4 Å². The van der Waals surface area contributed by atoms with Crippen LogP contribution in [-0.4, -0.2) is 45.9 Å². The number of fused-ring (bicyclic) bond motifs is 3. The van der Waals surface area contributed by atoms with E-state index in [2.05, 4.69) is 15.3 Å². The number of carbonyl (C=O) groups excluding carboxylic acids is 2. The van der Waals surface area contributed by atoms with Crippen molar-refractivity contribution in [3.63, 3.8) is 0 Å². The number of benzene rings is 1. The molecule has 0 spiro atoms. The molecule has 1 atom stereocenters. The second kappa shape index (κ2) is 8.88. The molecular formula is C20H25N3O5. The van der Waals surface area contributed by atoms with E-state index in [9.17, 15) is 19.5 Å². The lowest BCUT2D eigenvalue weighted by Gasteiger charge is -2.33. The van der Waals surface area contributed by atoms with Gasteiger partial charge in [0.1, 0.15) is 6.04 Å². The number of hydrogen-bond acceptors (Lipinski definition) is 4. The zero-order valence-electron chi connectivity index (χ0n) is 15.9. The van der Waals surface area contributed by atoms with Crippen LogP contribution in [0.15, 0.2) is 24.3 Å². The average Bonchev–Trinajstić information content (AvgIpc) is 3.04. The van der Waals surface area contributed by atoms with Crippen LogP contribution < -0.4 is 5.48 Å². The number of nitrogens with one attached hydrogen (secondary N) is 2. The first-order chi connectivity index (χ1) is 13.5. The average molecular weight is 387 g/mol. The predicted molar refractivity (Wildman–Crippen MR) is 102 cm³/mol. The lowest BCUT2D eigenvalue weighted by molar-refractivity contribution is -0.151. The van der Waals surface area contributed by atoms with Gasteiger partial charge in [0.15, 0.2) is 0 Å². The Balaban J connectivity index is 1.61. The number of nitrogens with zero attached hydrogens (tertiary/aromatic N) is 1. The van der Waals surface area contributed by atoms with Crippen LogP contribution in [0.1, 0.15) is 43.4 Å². The second-order valence-electron chi connectivity index (χ2n) is 7.00. The number of carbonyl (C=O) groups is 3. The van der Waals surface area contributed by atoms with Crippen molar-refractivity contribution in [1.82, 2.24) is 15.4 Å². The fraction of sp³-hybridized carbons (Fsp3) is 0.450. The van der Waals surface area contributed by atoms with Crippen LogP contribution in [0.2, 0.25) is 0 Å². The molecule has 0 bridgehead atoms. The summed E-state index contributed by atoms with van der Waals surface area (Å²) in [5.41, 5.74) is 5.10. The number of carboxylic acids is 1. The standard InChI is InChI=1S/C20H25N3O5/c1-28-22-18(24)9-3-2-4-10-19(25)23-12-16-14(11-17(23)20(26)27)13-7-5-6-8-15(13)21-16/h5-8,17,21H,2-4,9-12H2,1H3,(H,22,24)(H,26,27)/t17-/m1/s1. The van der Waals surface area contributed by atoms with Crippen molar-refractivity contribution >= 4 is 28.7 Å². The van der Waals surface area contributed by atoms with Crippen molar-refractivity contribution in [2.24, 2.45) is 0 Å². The van der Waals surface area contributed by atoms with Gasteiger partial charge in [-0.1, -0.05) is 24.6 Å². The highest BCUT2D eigenvalue weighted by molar-refractivity contribution is 5.89. The lowest BCUT2D eigenvalue weighted by Crippen LogP contribution is -2.48. The monoisotopic (exact) mass is 387 g/mol. The number of aliphatic carboxylic acids is 1. The van der Waals surface area contributed by atoms with Crippen molar-refractivity contribution in [3.8, 4) is 0 Å². The van der Waals surface area contributed by atoms with Gasteiger partial charge in [0, 0.05) is 35.9 Å². The summed E-state index contributed by atoms with van der Waals surface area (Å²) in [7, 11) is 1.38. The molecule has 0 radical (unpaired) electrons. The number of unbranched alkanes of at least 4 members (excludes halogenated alkanes) is 2. The molecule has 150 valence electrons. The maximum atomic E-state index is 12.7. The van der Waals surface area contributed by atoms with E-state index in [0.29, 0.717) is 32.1 Å². The number of hydrogen-bond donors (Lipinski definition) is 3. The van der Waals surface area contributed by atoms with Gasteiger partial charge in [-0.05, 0) is 24.5 Å². The molecular weight excluding hydrogens is 362 g/mol. The quantitative estimate of drug-likeness (QED) is 0.475. The zero-order chi connectivity index (χ0) is 20.1. The van der Waals surface area contributed by atoms with Crippen LogP contribution in [-0.2, 0) is 32.2 Å². The molecule has 0 fully saturated rings. The maximum absolute atomic E-state index is 12.7. The van der Waals surface area contributed by atoms with Crippen LogP contribution in [0.4, 0.5) is 0 Å². The van der Waals surface area contributed by atoms with Gasteiger partial charge in [-0.15, -0.1) is 0 Å². The predicted octanol–water partition coefficient (Wildman–Crippen LogP) is 2.13. The summed E-state index contributed by atoms with van der Waals surface area (Å²) in [5.74, 6) is -1.35. The lowest BCUT2D eigenvalue weighted by atomic mass is 9.96. The molecule has 2 amide bonds. The molecule has 1 aromatic heterocycles. The Morgan fingerprint density at radius 3 is 2.71 bits per heavy atom. The van der Waals surface area contributed by atoms with Crippen LogP contribution >= 0.6 is 0 Å². The molecule has 8 nitrogen and oxygen atoms in total.